The van der Waals surface area contributed by atoms with Gasteiger partial charge in [0.2, 0.25) is 17.5 Å². The summed E-state index contributed by atoms with van der Waals surface area (Å²) in [6.45, 7) is 3.55. The molecule has 0 unspecified atom stereocenters. The number of furan rings is 1. The van der Waals surface area contributed by atoms with Crippen LogP contribution in [0.1, 0.15) is 35.4 Å². The van der Waals surface area contributed by atoms with Crippen molar-refractivity contribution >= 4 is 34.6 Å². The third-order valence-electron chi connectivity index (χ3n) is 5.06. The second-order valence-corrected chi connectivity index (χ2v) is 6.84. The highest BCUT2D eigenvalue weighted by atomic mass is 16.3. The Labute approximate surface area is 149 Å². The van der Waals surface area contributed by atoms with Crippen LogP contribution >= 0.6 is 0 Å². The van der Waals surface area contributed by atoms with Crippen LogP contribution in [-0.4, -0.2) is 40.8 Å². The molecule has 0 saturated carbocycles. The fourth-order valence-electron chi connectivity index (χ4n) is 3.64. The van der Waals surface area contributed by atoms with Crippen LogP contribution in [0.4, 0.5) is 10.5 Å². The van der Waals surface area contributed by atoms with Gasteiger partial charge in [0.15, 0.2) is 0 Å². The predicted molar refractivity (Wildman–Crippen MR) is 93.9 cm³/mol. The van der Waals surface area contributed by atoms with Crippen molar-refractivity contribution in [3.63, 3.8) is 0 Å². The van der Waals surface area contributed by atoms with E-state index in [-0.39, 0.29) is 19.0 Å². The molecule has 1 saturated heterocycles. The summed E-state index contributed by atoms with van der Waals surface area (Å²) in [5, 5.41) is 5.95. The number of amides is 4. The minimum absolute atomic E-state index is 0.0973. The molecule has 3 heterocycles. The Hall–Kier alpha value is -2.90. The van der Waals surface area contributed by atoms with Gasteiger partial charge in [0.1, 0.15) is 18.8 Å². The Morgan fingerprint density at radius 1 is 1.27 bits per heavy atom. The van der Waals surface area contributed by atoms with Crippen molar-refractivity contribution in [2.45, 2.75) is 39.5 Å². The van der Waals surface area contributed by atoms with Gasteiger partial charge in [-0.25, -0.2) is 9.78 Å². The molecule has 26 heavy (non-hydrogen) atoms. The number of rotatable bonds is 3. The number of aromatic nitrogens is 1. The number of pyridine rings is 1. The van der Waals surface area contributed by atoms with Crippen molar-refractivity contribution in [1.29, 1.82) is 0 Å². The van der Waals surface area contributed by atoms with Crippen molar-refractivity contribution in [3.05, 3.63) is 22.6 Å². The van der Waals surface area contributed by atoms with Crippen LogP contribution in [0.25, 0.3) is 11.1 Å². The first-order valence-electron chi connectivity index (χ1n) is 8.74. The summed E-state index contributed by atoms with van der Waals surface area (Å²) in [6, 6.07) is -0.539. The number of carbonyl (C=O) groups excluding carboxylic acids is 3. The van der Waals surface area contributed by atoms with Crippen molar-refractivity contribution in [2.75, 3.05) is 18.4 Å². The number of nitrogens with zero attached hydrogens (tertiary/aromatic N) is 2. The Morgan fingerprint density at radius 3 is 2.77 bits per heavy atom. The number of nitrogens with one attached hydrogen (secondary N) is 2. The van der Waals surface area contributed by atoms with Crippen LogP contribution in [0.5, 0.6) is 0 Å². The normalized spacial score (nSPS) is 16.8. The van der Waals surface area contributed by atoms with E-state index in [0.717, 1.165) is 59.3 Å². The zero-order valence-electron chi connectivity index (χ0n) is 14.8. The molecular weight excluding hydrogens is 336 g/mol. The van der Waals surface area contributed by atoms with Crippen LogP contribution in [0, 0.1) is 13.8 Å². The molecule has 0 atom stereocenters. The highest BCUT2D eigenvalue weighted by Crippen LogP contribution is 2.37. The molecule has 0 spiro atoms. The van der Waals surface area contributed by atoms with Gasteiger partial charge in [-0.2, -0.15) is 0 Å². The lowest BCUT2D eigenvalue weighted by Gasteiger charge is -2.20. The largest absolute Gasteiger partial charge is 0.443 e. The molecule has 0 aromatic carbocycles. The molecule has 4 amide bonds. The first-order valence-corrected chi connectivity index (χ1v) is 8.74. The second kappa shape index (κ2) is 6.12. The number of carbonyl (C=O) groups is 3. The fraction of sp³-hybridized carbons (Fsp3) is 0.444. The van der Waals surface area contributed by atoms with Gasteiger partial charge in [0.05, 0.1) is 11.1 Å². The van der Waals surface area contributed by atoms with E-state index >= 15 is 0 Å². The number of fused-ring (bicyclic) bond motifs is 2. The summed E-state index contributed by atoms with van der Waals surface area (Å²) in [5.41, 5.74) is 4.22. The lowest BCUT2D eigenvalue weighted by Crippen LogP contribution is -2.36. The minimum atomic E-state index is -0.539. The summed E-state index contributed by atoms with van der Waals surface area (Å²) in [4.78, 5) is 41.4. The lowest BCUT2D eigenvalue weighted by atomic mass is 9.93. The Bertz CT molecular complexity index is 947. The van der Waals surface area contributed by atoms with Gasteiger partial charge in [-0.15, -0.1) is 0 Å². The van der Waals surface area contributed by atoms with Gasteiger partial charge in [0, 0.05) is 11.3 Å². The number of hydrogen-bond donors (Lipinski definition) is 2. The number of imide groups is 1. The van der Waals surface area contributed by atoms with Gasteiger partial charge in [-0.05, 0) is 45.1 Å². The smallest absolute Gasteiger partial charge is 0.325 e. The molecule has 0 bridgehead atoms. The minimum Gasteiger partial charge on any atom is -0.443 e. The third kappa shape index (κ3) is 2.71. The molecule has 2 aliphatic rings. The lowest BCUT2D eigenvalue weighted by molar-refractivity contribution is -0.119. The van der Waals surface area contributed by atoms with Crippen LogP contribution in [0.3, 0.4) is 0 Å². The Morgan fingerprint density at radius 2 is 2.04 bits per heavy atom. The van der Waals surface area contributed by atoms with E-state index in [0.29, 0.717) is 5.71 Å². The maximum Gasteiger partial charge on any atom is 0.325 e. The van der Waals surface area contributed by atoms with Crippen molar-refractivity contribution in [2.24, 2.45) is 0 Å². The molecule has 8 heteroatoms. The monoisotopic (exact) mass is 356 g/mol. The zero-order chi connectivity index (χ0) is 18.4. The molecule has 1 aliphatic carbocycles. The van der Waals surface area contributed by atoms with Crippen molar-refractivity contribution < 1.29 is 18.8 Å². The average molecular weight is 356 g/mol. The number of urea groups is 1. The number of anilines is 1. The fourth-order valence-corrected chi connectivity index (χ4v) is 3.64. The molecule has 0 radical (unpaired) electrons. The third-order valence-corrected chi connectivity index (χ3v) is 5.06. The first-order chi connectivity index (χ1) is 12.4. The molecule has 2 N–H and O–H groups in total. The van der Waals surface area contributed by atoms with E-state index in [4.69, 9.17) is 4.42 Å². The quantitative estimate of drug-likeness (QED) is 0.816. The van der Waals surface area contributed by atoms with E-state index in [9.17, 15) is 14.4 Å². The number of aryl methyl sites for hydroxylation is 3. The van der Waals surface area contributed by atoms with Gasteiger partial charge in [-0.1, -0.05) is 0 Å². The molecule has 1 aliphatic heterocycles. The highest BCUT2D eigenvalue weighted by Gasteiger charge is 2.29. The van der Waals surface area contributed by atoms with Crippen LogP contribution in [-0.2, 0) is 22.4 Å². The van der Waals surface area contributed by atoms with Crippen LogP contribution in [0.15, 0.2) is 4.42 Å². The van der Waals surface area contributed by atoms with E-state index < -0.39 is 11.9 Å². The SMILES string of the molecule is Cc1oc2nc3c(c(NC(=O)CN4CC(=O)NC4=O)c2c1C)CCCC3. The second-order valence-electron chi connectivity index (χ2n) is 6.84. The van der Waals surface area contributed by atoms with Crippen LogP contribution in [0.2, 0.25) is 0 Å². The summed E-state index contributed by atoms with van der Waals surface area (Å²) in [6.07, 6.45) is 3.81. The highest BCUT2D eigenvalue weighted by molar-refractivity contribution is 6.07. The molecular formula is C18H20N4O4. The number of hydrogen-bond acceptors (Lipinski definition) is 5. The van der Waals surface area contributed by atoms with E-state index in [1.54, 1.807) is 0 Å². The molecule has 2 aromatic heterocycles. The summed E-state index contributed by atoms with van der Waals surface area (Å²) in [5.74, 6) is 0.0380. The predicted octanol–water partition coefficient (Wildman–Crippen LogP) is 1.81. The molecule has 1 fully saturated rings. The summed E-state index contributed by atoms with van der Waals surface area (Å²) < 4.78 is 5.77. The van der Waals surface area contributed by atoms with Gasteiger partial charge >= 0.3 is 6.03 Å². The maximum absolute atomic E-state index is 12.6. The maximum atomic E-state index is 12.6. The Kier molecular flexibility index (Phi) is 3.90. The summed E-state index contributed by atoms with van der Waals surface area (Å²) in [7, 11) is 0. The van der Waals surface area contributed by atoms with E-state index in [1.807, 2.05) is 13.8 Å². The first kappa shape index (κ1) is 16.6. The summed E-state index contributed by atoms with van der Waals surface area (Å²) >= 11 is 0. The van der Waals surface area contributed by atoms with Gasteiger partial charge < -0.3 is 14.6 Å². The molecule has 136 valence electrons. The molecule has 8 nitrogen and oxygen atoms in total. The zero-order valence-corrected chi connectivity index (χ0v) is 14.8. The van der Waals surface area contributed by atoms with E-state index in [2.05, 4.69) is 15.6 Å². The molecule has 2 aromatic rings. The van der Waals surface area contributed by atoms with Crippen LogP contribution < -0.4 is 10.6 Å². The standard InChI is InChI=1S/C18H20N4O4/c1-9-10(2)26-17-15(9)16(11-5-3-4-6-12(11)19-17)20-13(23)7-22-8-14(24)21-18(22)25/h3-8H2,1-2H3,(H,19,20,23)(H,21,24,25). The Balaban J connectivity index is 1.69. The molecule has 4 rings (SSSR count). The van der Waals surface area contributed by atoms with Crippen molar-refractivity contribution in [3.8, 4) is 0 Å². The van der Waals surface area contributed by atoms with E-state index in [1.165, 1.54) is 4.90 Å². The average Bonchev–Trinajstić information content (AvgIpc) is 3.05. The van der Waals surface area contributed by atoms with Crippen molar-refractivity contribution in [1.82, 2.24) is 15.2 Å². The topological polar surface area (TPSA) is 105 Å². The van der Waals surface area contributed by atoms with Gasteiger partial charge in [0.25, 0.3) is 0 Å². The van der Waals surface area contributed by atoms with Gasteiger partial charge in [-0.3, -0.25) is 14.9 Å².